The van der Waals surface area contributed by atoms with Crippen LogP contribution in [0.5, 0.6) is 0 Å². The van der Waals surface area contributed by atoms with Crippen LogP contribution in [0.3, 0.4) is 0 Å². The topological polar surface area (TPSA) is 101 Å². The Labute approximate surface area is 219 Å². The number of aromatic nitrogens is 2. The maximum atomic E-state index is 13.4. The van der Waals surface area contributed by atoms with E-state index in [-0.39, 0.29) is 12.3 Å². The molecule has 38 heavy (non-hydrogen) atoms. The van der Waals surface area contributed by atoms with Gasteiger partial charge in [-0.25, -0.2) is 0 Å². The van der Waals surface area contributed by atoms with Gasteiger partial charge in [-0.1, -0.05) is 38.7 Å². The van der Waals surface area contributed by atoms with Crippen LogP contribution in [-0.4, -0.2) is 26.5 Å². The number of hydrogen-bond donors (Lipinski definition) is 2. The summed E-state index contributed by atoms with van der Waals surface area (Å²) < 4.78 is 40.8. The summed E-state index contributed by atoms with van der Waals surface area (Å²) in [5.74, 6) is -2.16. The van der Waals surface area contributed by atoms with E-state index >= 15 is 0 Å². The molecular formula is C28H32F3N3O4. The summed E-state index contributed by atoms with van der Waals surface area (Å²) in [6.45, 7) is 14.9. The summed E-state index contributed by atoms with van der Waals surface area (Å²) in [7, 11) is 0. The second-order valence-electron chi connectivity index (χ2n) is 9.51. The number of carboxylic acids is 1. The normalized spacial score (nSPS) is 13.9. The van der Waals surface area contributed by atoms with Crippen molar-refractivity contribution in [3.05, 3.63) is 94.2 Å². The average molecular weight is 532 g/mol. The molecule has 2 rings (SSSR count). The molecule has 0 aliphatic rings. The Morgan fingerprint density at radius 1 is 1.21 bits per heavy atom. The minimum absolute atomic E-state index is 0.0478. The molecule has 2 aromatic heterocycles. The summed E-state index contributed by atoms with van der Waals surface area (Å²) in [5.41, 5.74) is 1.43. The van der Waals surface area contributed by atoms with Gasteiger partial charge < -0.3 is 15.0 Å². The van der Waals surface area contributed by atoms with Gasteiger partial charge in [0.15, 0.2) is 0 Å². The molecule has 2 atom stereocenters. The molecule has 10 heteroatoms. The standard InChI is InChI=1S/C28H32F3N3O4/c1-7-18(6)26(17(4)5)20-11-19(13-32-14-20)22(12-25(36)37)33-27(38)23(10-16(2)3)34-15-21(28(29,30)31)8-9-24(34)35/h7-9,11,13-16,22-23H,1,4,10,12H2,2-3,5-6H3,(H,33,38)(H,36,37)/b26-18+/t22-,23?/m0/s1. The number of nitrogens with zero attached hydrogens (tertiary/aromatic N) is 2. The Morgan fingerprint density at radius 3 is 2.39 bits per heavy atom. The van der Waals surface area contributed by atoms with E-state index in [1.54, 1.807) is 39.1 Å². The summed E-state index contributed by atoms with van der Waals surface area (Å²) in [5, 5.41) is 12.2. The van der Waals surface area contributed by atoms with E-state index in [9.17, 15) is 32.7 Å². The molecule has 1 unspecified atom stereocenters. The first-order chi connectivity index (χ1) is 17.6. The van der Waals surface area contributed by atoms with Gasteiger partial charge in [-0.15, -0.1) is 0 Å². The van der Waals surface area contributed by atoms with E-state index in [1.165, 1.54) is 6.20 Å². The van der Waals surface area contributed by atoms with E-state index in [4.69, 9.17) is 0 Å². The summed E-state index contributed by atoms with van der Waals surface area (Å²) in [6, 6.07) is 0.723. The van der Waals surface area contributed by atoms with Crippen LogP contribution in [0.4, 0.5) is 13.2 Å². The van der Waals surface area contributed by atoms with Crippen molar-refractivity contribution in [1.29, 1.82) is 0 Å². The number of pyridine rings is 2. The molecule has 0 bridgehead atoms. The molecule has 0 radical (unpaired) electrons. The molecule has 2 N–H and O–H groups in total. The highest BCUT2D eigenvalue weighted by Gasteiger charge is 2.33. The third-order valence-electron chi connectivity index (χ3n) is 5.87. The van der Waals surface area contributed by atoms with Crippen molar-refractivity contribution in [2.45, 2.75) is 58.8 Å². The molecule has 0 spiro atoms. The number of carboxylic acid groups (broad SMARTS) is 1. The van der Waals surface area contributed by atoms with E-state index < -0.39 is 47.7 Å². The highest BCUT2D eigenvalue weighted by Crippen LogP contribution is 2.31. The van der Waals surface area contributed by atoms with E-state index in [0.717, 1.165) is 27.4 Å². The van der Waals surface area contributed by atoms with E-state index in [1.807, 2.05) is 6.92 Å². The Kier molecular flexibility index (Phi) is 9.98. The Bertz CT molecular complexity index is 1310. The molecule has 0 fully saturated rings. The van der Waals surface area contributed by atoms with Crippen molar-refractivity contribution in [2.75, 3.05) is 0 Å². The Hall–Kier alpha value is -3.95. The first-order valence-electron chi connectivity index (χ1n) is 11.9. The third kappa shape index (κ3) is 7.77. The Morgan fingerprint density at radius 2 is 1.87 bits per heavy atom. The van der Waals surface area contributed by atoms with Crippen molar-refractivity contribution in [3.8, 4) is 0 Å². The highest BCUT2D eigenvalue weighted by molar-refractivity contribution is 5.83. The van der Waals surface area contributed by atoms with Gasteiger partial charge >= 0.3 is 12.1 Å². The number of hydrogen-bond acceptors (Lipinski definition) is 4. The molecule has 2 aromatic rings. The molecule has 204 valence electrons. The fourth-order valence-corrected chi connectivity index (χ4v) is 4.10. The largest absolute Gasteiger partial charge is 0.481 e. The van der Waals surface area contributed by atoms with Gasteiger partial charge in [-0.2, -0.15) is 13.2 Å². The minimum Gasteiger partial charge on any atom is -0.481 e. The first kappa shape index (κ1) is 30.3. The van der Waals surface area contributed by atoms with Crippen molar-refractivity contribution in [1.82, 2.24) is 14.9 Å². The molecule has 0 aromatic carbocycles. The second-order valence-corrected chi connectivity index (χ2v) is 9.51. The van der Waals surface area contributed by atoms with Crippen LogP contribution in [0.25, 0.3) is 5.57 Å². The van der Waals surface area contributed by atoms with Gasteiger partial charge in [-0.3, -0.25) is 19.4 Å². The monoisotopic (exact) mass is 531 g/mol. The average Bonchev–Trinajstić information content (AvgIpc) is 2.81. The van der Waals surface area contributed by atoms with Crippen molar-refractivity contribution < 1.29 is 27.9 Å². The third-order valence-corrected chi connectivity index (χ3v) is 5.87. The number of rotatable bonds is 11. The van der Waals surface area contributed by atoms with Gasteiger partial charge in [-0.05, 0) is 55.0 Å². The van der Waals surface area contributed by atoms with Gasteiger partial charge in [0.25, 0.3) is 5.56 Å². The van der Waals surface area contributed by atoms with Crippen molar-refractivity contribution in [3.63, 3.8) is 0 Å². The van der Waals surface area contributed by atoms with Crippen molar-refractivity contribution in [2.24, 2.45) is 5.92 Å². The number of carbonyl (C=O) groups is 2. The fraction of sp³-hybridized carbons (Fsp3) is 0.357. The van der Waals surface area contributed by atoms with Gasteiger partial charge in [0.1, 0.15) is 6.04 Å². The summed E-state index contributed by atoms with van der Waals surface area (Å²) in [6.07, 6.45) is 0.0577. The van der Waals surface area contributed by atoms with Crippen LogP contribution in [0.1, 0.15) is 69.3 Å². The molecule has 0 aliphatic carbocycles. The highest BCUT2D eigenvalue weighted by atomic mass is 19.4. The van der Waals surface area contributed by atoms with Gasteiger partial charge in [0, 0.05) is 30.2 Å². The molecule has 7 nitrogen and oxygen atoms in total. The maximum absolute atomic E-state index is 13.4. The first-order valence-corrected chi connectivity index (χ1v) is 11.9. The lowest BCUT2D eigenvalue weighted by molar-refractivity contribution is -0.139. The van der Waals surface area contributed by atoms with E-state index in [0.29, 0.717) is 23.4 Å². The smallest absolute Gasteiger partial charge is 0.417 e. The number of halogens is 3. The summed E-state index contributed by atoms with van der Waals surface area (Å²) >= 11 is 0. The van der Waals surface area contributed by atoms with Crippen molar-refractivity contribution >= 4 is 17.4 Å². The number of amides is 1. The second kappa shape index (κ2) is 12.5. The van der Waals surface area contributed by atoms with Crippen LogP contribution >= 0.6 is 0 Å². The predicted molar refractivity (Wildman–Crippen MR) is 139 cm³/mol. The van der Waals surface area contributed by atoms with Crippen LogP contribution in [0.15, 0.2) is 72.0 Å². The fourth-order valence-electron chi connectivity index (χ4n) is 4.10. The molecule has 0 aliphatic heterocycles. The molecule has 0 saturated carbocycles. The molecule has 0 saturated heterocycles. The lowest BCUT2D eigenvalue weighted by Crippen LogP contribution is -2.40. The van der Waals surface area contributed by atoms with Gasteiger partial charge in [0.2, 0.25) is 5.91 Å². The number of aliphatic carboxylic acids is 1. The zero-order chi connectivity index (χ0) is 28.8. The Balaban J connectivity index is 2.56. The zero-order valence-corrected chi connectivity index (χ0v) is 21.8. The lowest BCUT2D eigenvalue weighted by atomic mass is 9.93. The SMILES string of the molecule is C=C/C(C)=C(\C(=C)C)c1cncc([C@H](CC(=O)O)NC(=O)C(CC(C)C)n2cc(C(F)(F)F)ccc2=O)c1. The zero-order valence-electron chi connectivity index (χ0n) is 21.8. The molecular weight excluding hydrogens is 499 g/mol. The number of alkyl halides is 3. The maximum Gasteiger partial charge on any atom is 0.417 e. The number of nitrogens with one attached hydrogen (secondary N) is 1. The predicted octanol–water partition coefficient (Wildman–Crippen LogP) is 5.72. The lowest BCUT2D eigenvalue weighted by Gasteiger charge is -2.25. The van der Waals surface area contributed by atoms with Crippen LogP contribution in [0, 0.1) is 5.92 Å². The van der Waals surface area contributed by atoms with Crippen LogP contribution in [-0.2, 0) is 15.8 Å². The minimum atomic E-state index is -4.72. The number of carbonyl (C=O) groups excluding carboxylic acids is 1. The van der Waals surface area contributed by atoms with Gasteiger partial charge in [0.05, 0.1) is 18.0 Å². The quantitative estimate of drug-likeness (QED) is 0.362. The molecule has 2 heterocycles. The van der Waals surface area contributed by atoms with Crippen LogP contribution < -0.4 is 10.9 Å². The number of allylic oxidation sites excluding steroid dienone is 4. The summed E-state index contributed by atoms with van der Waals surface area (Å²) in [4.78, 5) is 41.9. The van der Waals surface area contributed by atoms with E-state index in [2.05, 4.69) is 23.5 Å². The molecule has 1 amide bonds. The van der Waals surface area contributed by atoms with Crippen LogP contribution in [0.2, 0.25) is 0 Å².